The maximum atomic E-state index is 10.4. The first-order valence-electron chi connectivity index (χ1n) is 3.07. The summed E-state index contributed by atoms with van der Waals surface area (Å²) in [7, 11) is 0. The van der Waals surface area contributed by atoms with Gasteiger partial charge in [0, 0.05) is 10.7 Å². The summed E-state index contributed by atoms with van der Waals surface area (Å²) >= 11 is 3.26. The van der Waals surface area contributed by atoms with Gasteiger partial charge >= 0.3 is 0 Å². The van der Waals surface area contributed by atoms with Crippen LogP contribution in [-0.2, 0) is 11.2 Å². The van der Waals surface area contributed by atoms with Crippen molar-refractivity contribution in [3.05, 3.63) is 28.5 Å². The number of nitrogens with two attached hydrogens (primary N) is 1. The molecule has 0 saturated heterocycles. The normalized spacial score (nSPS) is 9.55. The van der Waals surface area contributed by atoms with Crippen molar-refractivity contribution in [2.45, 2.75) is 6.42 Å². The van der Waals surface area contributed by atoms with Crippen LogP contribution in [0.3, 0.4) is 0 Å². The molecule has 4 heteroatoms. The summed E-state index contributed by atoms with van der Waals surface area (Å²) in [5.74, 6) is -0.365. The Labute approximate surface area is 72.7 Å². The molecule has 1 rings (SSSR count). The van der Waals surface area contributed by atoms with E-state index in [2.05, 4.69) is 20.9 Å². The molecule has 1 heterocycles. The van der Waals surface area contributed by atoms with E-state index in [-0.39, 0.29) is 12.3 Å². The predicted molar refractivity (Wildman–Crippen MR) is 44.8 cm³/mol. The second-order valence-electron chi connectivity index (χ2n) is 2.11. The minimum absolute atomic E-state index is 0.194. The molecule has 0 bridgehead atoms. The molecule has 1 aromatic rings. The van der Waals surface area contributed by atoms with Gasteiger partial charge in [-0.15, -0.1) is 0 Å². The fourth-order valence-corrected chi connectivity index (χ4v) is 1.11. The summed E-state index contributed by atoms with van der Waals surface area (Å²) in [6.45, 7) is 0. The first-order chi connectivity index (χ1) is 5.18. The molecule has 0 aliphatic heterocycles. The van der Waals surface area contributed by atoms with Crippen LogP contribution in [0.1, 0.15) is 5.69 Å². The highest BCUT2D eigenvalue weighted by Crippen LogP contribution is 2.08. The van der Waals surface area contributed by atoms with E-state index in [0.717, 1.165) is 4.47 Å². The van der Waals surface area contributed by atoms with Gasteiger partial charge in [0.1, 0.15) is 0 Å². The smallest absolute Gasteiger partial charge is 0.223 e. The first-order valence-corrected chi connectivity index (χ1v) is 3.86. The minimum atomic E-state index is -0.365. The number of halogens is 1. The number of pyridine rings is 1. The standard InChI is InChI=1S/C7H7BrN2O/c8-5-1-2-10-6(3-5)4-7(9)11/h1-3H,4H2,(H2,9,11). The number of primary amides is 1. The van der Waals surface area contributed by atoms with Gasteiger partial charge in [0.05, 0.1) is 12.1 Å². The molecular weight excluding hydrogens is 208 g/mol. The Balaban J connectivity index is 2.79. The molecule has 0 aliphatic carbocycles. The van der Waals surface area contributed by atoms with Crippen LogP contribution in [0.4, 0.5) is 0 Å². The van der Waals surface area contributed by atoms with E-state index in [9.17, 15) is 4.79 Å². The Morgan fingerprint density at radius 1 is 1.73 bits per heavy atom. The second-order valence-corrected chi connectivity index (χ2v) is 3.02. The molecule has 0 saturated carbocycles. The quantitative estimate of drug-likeness (QED) is 0.795. The summed E-state index contributed by atoms with van der Waals surface area (Å²) in [5, 5.41) is 0. The van der Waals surface area contributed by atoms with Crippen LogP contribution in [0.15, 0.2) is 22.8 Å². The van der Waals surface area contributed by atoms with E-state index in [0.29, 0.717) is 5.69 Å². The van der Waals surface area contributed by atoms with Crippen molar-refractivity contribution in [3.8, 4) is 0 Å². The molecule has 0 fully saturated rings. The molecule has 2 N–H and O–H groups in total. The number of carbonyl (C=O) groups is 1. The monoisotopic (exact) mass is 214 g/mol. The molecule has 0 aromatic carbocycles. The van der Waals surface area contributed by atoms with Crippen molar-refractivity contribution < 1.29 is 4.79 Å². The van der Waals surface area contributed by atoms with E-state index in [4.69, 9.17) is 5.73 Å². The third-order valence-electron chi connectivity index (χ3n) is 1.13. The van der Waals surface area contributed by atoms with Gasteiger partial charge in [0.15, 0.2) is 0 Å². The van der Waals surface area contributed by atoms with Gasteiger partial charge in [0.25, 0.3) is 0 Å². The van der Waals surface area contributed by atoms with E-state index >= 15 is 0 Å². The van der Waals surface area contributed by atoms with Crippen LogP contribution in [-0.4, -0.2) is 10.9 Å². The van der Waals surface area contributed by atoms with Gasteiger partial charge in [-0.05, 0) is 12.1 Å². The van der Waals surface area contributed by atoms with Gasteiger partial charge in [0.2, 0.25) is 5.91 Å². The number of amides is 1. The number of carbonyl (C=O) groups excluding carboxylic acids is 1. The van der Waals surface area contributed by atoms with Gasteiger partial charge in [-0.3, -0.25) is 9.78 Å². The highest BCUT2D eigenvalue weighted by molar-refractivity contribution is 9.10. The Kier molecular flexibility index (Phi) is 2.59. The molecule has 3 nitrogen and oxygen atoms in total. The van der Waals surface area contributed by atoms with E-state index in [1.54, 1.807) is 18.3 Å². The summed E-state index contributed by atoms with van der Waals surface area (Å²) in [4.78, 5) is 14.4. The summed E-state index contributed by atoms with van der Waals surface area (Å²) in [6.07, 6.45) is 1.82. The zero-order valence-electron chi connectivity index (χ0n) is 5.75. The summed E-state index contributed by atoms with van der Waals surface area (Å²) < 4.78 is 0.906. The molecule has 58 valence electrons. The van der Waals surface area contributed by atoms with Crippen molar-refractivity contribution in [2.75, 3.05) is 0 Å². The number of rotatable bonds is 2. The molecular formula is C7H7BrN2O. The largest absolute Gasteiger partial charge is 0.369 e. The molecule has 0 unspecified atom stereocenters. The lowest BCUT2D eigenvalue weighted by Crippen LogP contribution is -2.14. The third kappa shape index (κ3) is 2.67. The van der Waals surface area contributed by atoms with Crippen molar-refractivity contribution in [2.24, 2.45) is 5.73 Å². The van der Waals surface area contributed by atoms with Gasteiger partial charge < -0.3 is 5.73 Å². The first kappa shape index (κ1) is 8.20. The third-order valence-corrected chi connectivity index (χ3v) is 1.63. The van der Waals surface area contributed by atoms with Crippen molar-refractivity contribution in [1.82, 2.24) is 4.98 Å². The molecule has 1 aromatic heterocycles. The highest BCUT2D eigenvalue weighted by atomic mass is 79.9. The van der Waals surface area contributed by atoms with Crippen molar-refractivity contribution in [3.63, 3.8) is 0 Å². The van der Waals surface area contributed by atoms with Crippen LogP contribution in [0.5, 0.6) is 0 Å². The summed E-state index contributed by atoms with van der Waals surface area (Å²) in [5.41, 5.74) is 5.67. The molecule has 0 radical (unpaired) electrons. The topological polar surface area (TPSA) is 56.0 Å². The van der Waals surface area contributed by atoms with Gasteiger partial charge in [-0.25, -0.2) is 0 Å². The second kappa shape index (κ2) is 3.48. The van der Waals surface area contributed by atoms with Crippen molar-refractivity contribution >= 4 is 21.8 Å². The number of hydrogen-bond donors (Lipinski definition) is 1. The van der Waals surface area contributed by atoms with Crippen LogP contribution >= 0.6 is 15.9 Å². The minimum Gasteiger partial charge on any atom is -0.369 e. The van der Waals surface area contributed by atoms with Crippen LogP contribution < -0.4 is 5.73 Å². The number of hydrogen-bond acceptors (Lipinski definition) is 2. The van der Waals surface area contributed by atoms with Crippen LogP contribution in [0.2, 0.25) is 0 Å². The van der Waals surface area contributed by atoms with Gasteiger partial charge in [-0.2, -0.15) is 0 Å². The molecule has 0 aliphatic rings. The van der Waals surface area contributed by atoms with E-state index < -0.39 is 0 Å². The fraction of sp³-hybridized carbons (Fsp3) is 0.143. The Morgan fingerprint density at radius 3 is 3.00 bits per heavy atom. The Morgan fingerprint density at radius 2 is 2.45 bits per heavy atom. The Bertz CT molecular complexity index is 275. The zero-order valence-corrected chi connectivity index (χ0v) is 7.34. The lowest BCUT2D eigenvalue weighted by molar-refractivity contribution is -0.117. The predicted octanol–water partition coefficient (Wildman–Crippen LogP) is 0.872. The average molecular weight is 215 g/mol. The molecule has 0 atom stereocenters. The maximum absolute atomic E-state index is 10.4. The number of aromatic nitrogens is 1. The van der Waals surface area contributed by atoms with Gasteiger partial charge in [-0.1, -0.05) is 15.9 Å². The van der Waals surface area contributed by atoms with E-state index in [1.165, 1.54) is 0 Å². The molecule has 0 spiro atoms. The lowest BCUT2D eigenvalue weighted by atomic mass is 10.3. The fourth-order valence-electron chi connectivity index (χ4n) is 0.724. The van der Waals surface area contributed by atoms with E-state index in [1.807, 2.05) is 0 Å². The van der Waals surface area contributed by atoms with Crippen molar-refractivity contribution in [1.29, 1.82) is 0 Å². The van der Waals surface area contributed by atoms with Crippen LogP contribution in [0, 0.1) is 0 Å². The molecule has 11 heavy (non-hydrogen) atoms. The molecule has 1 amide bonds. The number of nitrogens with zero attached hydrogens (tertiary/aromatic N) is 1. The SMILES string of the molecule is NC(=O)Cc1cc(Br)ccn1. The lowest BCUT2D eigenvalue weighted by Gasteiger charge is -1.95. The summed E-state index contributed by atoms with van der Waals surface area (Å²) in [6, 6.07) is 3.56. The Hall–Kier alpha value is -0.900. The van der Waals surface area contributed by atoms with Crippen LogP contribution in [0.25, 0.3) is 0 Å². The highest BCUT2D eigenvalue weighted by Gasteiger charge is 1.98. The average Bonchev–Trinajstić information content (AvgIpc) is 1.85. The maximum Gasteiger partial charge on any atom is 0.223 e. The zero-order chi connectivity index (χ0) is 8.27.